The average molecular weight is 359 g/mol. The summed E-state index contributed by atoms with van der Waals surface area (Å²) in [6.45, 7) is 2.44. The molecule has 1 aromatic heterocycles. The third kappa shape index (κ3) is 6.15. The van der Waals surface area contributed by atoms with Gasteiger partial charge in [-0.1, -0.05) is 19.4 Å². The summed E-state index contributed by atoms with van der Waals surface area (Å²) < 4.78 is 5.13. The zero-order valence-electron chi connectivity index (χ0n) is 14.1. The SMILES string of the molecule is CCCCOC(=O)c1ccc(NC(=O)CCC(=O)c2cccs2)cc1. The van der Waals surface area contributed by atoms with E-state index in [0.717, 1.165) is 12.8 Å². The van der Waals surface area contributed by atoms with E-state index in [1.54, 1.807) is 30.3 Å². The Bertz CT molecular complexity index is 708. The quantitative estimate of drug-likeness (QED) is 0.411. The van der Waals surface area contributed by atoms with Crippen molar-refractivity contribution in [3.05, 3.63) is 52.2 Å². The van der Waals surface area contributed by atoms with Crippen LogP contribution in [0.2, 0.25) is 0 Å². The maximum Gasteiger partial charge on any atom is 0.338 e. The number of hydrogen-bond donors (Lipinski definition) is 1. The lowest BCUT2D eigenvalue weighted by molar-refractivity contribution is -0.116. The van der Waals surface area contributed by atoms with Gasteiger partial charge >= 0.3 is 5.97 Å². The van der Waals surface area contributed by atoms with Gasteiger partial charge in [-0.15, -0.1) is 11.3 Å². The van der Waals surface area contributed by atoms with E-state index in [1.165, 1.54) is 11.3 Å². The summed E-state index contributed by atoms with van der Waals surface area (Å²) in [7, 11) is 0. The van der Waals surface area contributed by atoms with E-state index < -0.39 is 0 Å². The van der Waals surface area contributed by atoms with E-state index in [-0.39, 0.29) is 30.5 Å². The van der Waals surface area contributed by atoms with Gasteiger partial charge < -0.3 is 10.1 Å². The predicted octanol–water partition coefficient (Wildman–Crippen LogP) is 4.31. The number of thiophene rings is 1. The standard InChI is InChI=1S/C19H21NO4S/c1-2-3-12-24-19(23)14-6-8-15(9-7-14)20-18(22)11-10-16(21)17-5-4-13-25-17/h4-9,13H,2-3,10-12H2,1H3,(H,20,22). The summed E-state index contributed by atoms with van der Waals surface area (Å²) in [4.78, 5) is 36.3. The molecular weight excluding hydrogens is 338 g/mol. The van der Waals surface area contributed by atoms with Crippen LogP contribution in [0.4, 0.5) is 5.69 Å². The van der Waals surface area contributed by atoms with Crippen molar-refractivity contribution in [3.63, 3.8) is 0 Å². The largest absolute Gasteiger partial charge is 0.462 e. The highest BCUT2D eigenvalue weighted by Gasteiger charge is 2.11. The number of nitrogens with one attached hydrogen (secondary N) is 1. The van der Waals surface area contributed by atoms with Crippen molar-refractivity contribution < 1.29 is 19.1 Å². The van der Waals surface area contributed by atoms with Gasteiger partial charge in [-0.2, -0.15) is 0 Å². The molecule has 5 nitrogen and oxygen atoms in total. The van der Waals surface area contributed by atoms with Crippen LogP contribution in [0.5, 0.6) is 0 Å². The molecule has 6 heteroatoms. The Labute approximate surface area is 151 Å². The predicted molar refractivity (Wildman–Crippen MR) is 98.1 cm³/mol. The number of Topliss-reactive ketones (excluding diaryl/α,β-unsaturated/α-hetero) is 1. The lowest BCUT2D eigenvalue weighted by Gasteiger charge is -2.07. The highest BCUT2D eigenvalue weighted by Crippen LogP contribution is 2.14. The van der Waals surface area contributed by atoms with Crippen molar-refractivity contribution in [1.29, 1.82) is 0 Å². The van der Waals surface area contributed by atoms with Crippen LogP contribution in [0.3, 0.4) is 0 Å². The number of carbonyl (C=O) groups is 3. The molecule has 1 aromatic carbocycles. The number of ketones is 1. The van der Waals surface area contributed by atoms with Gasteiger partial charge in [0.2, 0.25) is 5.91 Å². The Morgan fingerprint density at radius 1 is 1.08 bits per heavy atom. The smallest absolute Gasteiger partial charge is 0.338 e. The fraction of sp³-hybridized carbons (Fsp3) is 0.316. The second-order valence-corrected chi connectivity index (χ2v) is 6.46. The monoisotopic (exact) mass is 359 g/mol. The number of ether oxygens (including phenoxy) is 1. The molecular formula is C19H21NO4S. The summed E-state index contributed by atoms with van der Waals surface area (Å²) in [5.41, 5.74) is 1.03. The van der Waals surface area contributed by atoms with Crippen molar-refractivity contribution in [2.75, 3.05) is 11.9 Å². The normalized spacial score (nSPS) is 10.3. The minimum absolute atomic E-state index is 0.0321. The molecule has 0 unspecified atom stereocenters. The molecule has 1 amide bonds. The van der Waals surface area contributed by atoms with Crippen molar-refractivity contribution in [3.8, 4) is 0 Å². The molecule has 1 N–H and O–H groups in total. The van der Waals surface area contributed by atoms with Gasteiger partial charge in [-0.3, -0.25) is 9.59 Å². The van der Waals surface area contributed by atoms with E-state index >= 15 is 0 Å². The van der Waals surface area contributed by atoms with Gasteiger partial charge in [0.15, 0.2) is 5.78 Å². The Kier molecular flexibility index (Phi) is 7.35. The van der Waals surface area contributed by atoms with Crippen LogP contribution < -0.4 is 5.32 Å². The second kappa shape index (κ2) is 9.74. The number of hydrogen-bond acceptors (Lipinski definition) is 5. The Morgan fingerprint density at radius 2 is 1.84 bits per heavy atom. The first-order chi connectivity index (χ1) is 12.1. The molecule has 0 spiro atoms. The number of anilines is 1. The Balaban J connectivity index is 1.79. The van der Waals surface area contributed by atoms with Crippen LogP contribution in [0.25, 0.3) is 0 Å². The number of benzene rings is 1. The summed E-state index contributed by atoms with van der Waals surface area (Å²) in [6.07, 6.45) is 2.10. The van der Waals surface area contributed by atoms with Crippen molar-refractivity contribution in [1.82, 2.24) is 0 Å². The van der Waals surface area contributed by atoms with Gasteiger partial charge in [0, 0.05) is 18.5 Å². The number of rotatable bonds is 9. The van der Waals surface area contributed by atoms with Crippen LogP contribution in [-0.2, 0) is 9.53 Å². The molecule has 2 rings (SSSR count). The summed E-state index contributed by atoms with van der Waals surface area (Å²) >= 11 is 1.37. The van der Waals surface area contributed by atoms with Gasteiger partial charge in [-0.25, -0.2) is 4.79 Å². The first-order valence-electron chi connectivity index (χ1n) is 8.24. The van der Waals surface area contributed by atoms with Crippen molar-refractivity contribution in [2.45, 2.75) is 32.6 Å². The first kappa shape index (κ1) is 18.9. The Hall–Kier alpha value is -2.47. The molecule has 0 saturated heterocycles. The van der Waals surface area contributed by atoms with Gasteiger partial charge in [0.25, 0.3) is 0 Å². The molecule has 0 aliphatic rings. The zero-order valence-corrected chi connectivity index (χ0v) is 14.9. The van der Waals surface area contributed by atoms with Crippen LogP contribution in [0.15, 0.2) is 41.8 Å². The van der Waals surface area contributed by atoms with Crippen LogP contribution in [0, 0.1) is 0 Å². The maximum absolute atomic E-state index is 11.9. The van der Waals surface area contributed by atoms with Crippen LogP contribution in [-0.4, -0.2) is 24.3 Å². The molecule has 2 aromatic rings. The number of amides is 1. The highest BCUT2D eigenvalue weighted by molar-refractivity contribution is 7.12. The van der Waals surface area contributed by atoms with E-state index in [9.17, 15) is 14.4 Å². The molecule has 132 valence electrons. The van der Waals surface area contributed by atoms with E-state index in [2.05, 4.69) is 5.32 Å². The molecule has 0 bridgehead atoms. The van der Waals surface area contributed by atoms with Crippen LogP contribution in [0.1, 0.15) is 52.6 Å². The minimum atomic E-state index is -0.368. The van der Waals surface area contributed by atoms with E-state index in [1.807, 2.05) is 18.4 Å². The molecule has 0 fully saturated rings. The van der Waals surface area contributed by atoms with Gasteiger partial charge in [-0.05, 0) is 42.1 Å². The molecule has 1 heterocycles. The fourth-order valence-corrected chi connectivity index (χ4v) is 2.79. The summed E-state index contributed by atoms with van der Waals surface area (Å²) in [5.74, 6) is -0.633. The van der Waals surface area contributed by atoms with Crippen molar-refractivity contribution in [2.24, 2.45) is 0 Å². The van der Waals surface area contributed by atoms with Gasteiger partial charge in [0.1, 0.15) is 0 Å². The number of unbranched alkanes of at least 4 members (excludes halogenated alkanes) is 1. The second-order valence-electron chi connectivity index (χ2n) is 5.52. The molecule has 0 atom stereocenters. The van der Waals surface area contributed by atoms with E-state index in [0.29, 0.717) is 22.7 Å². The summed E-state index contributed by atoms with van der Waals surface area (Å²) in [5, 5.41) is 4.56. The minimum Gasteiger partial charge on any atom is -0.462 e. The van der Waals surface area contributed by atoms with Crippen LogP contribution >= 0.6 is 11.3 Å². The van der Waals surface area contributed by atoms with Crippen molar-refractivity contribution >= 4 is 34.7 Å². The third-order valence-corrected chi connectivity index (χ3v) is 4.42. The number of carbonyl (C=O) groups excluding carboxylic acids is 3. The molecule has 0 saturated carbocycles. The topological polar surface area (TPSA) is 72.5 Å². The Morgan fingerprint density at radius 3 is 2.48 bits per heavy atom. The lowest BCUT2D eigenvalue weighted by Crippen LogP contribution is -2.13. The zero-order chi connectivity index (χ0) is 18.1. The van der Waals surface area contributed by atoms with E-state index in [4.69, 9.17) is 4.74 Å². The maximum atomic E-state index is 11.9. The lowest BCUT2D eigenvalue weighted by atomic mass is 10.1. The molecule has 0 aliphatic carbocycles. The highest BCUT2D eigenvalue weighted by atomic mass is 32.1. The summed E-state index contributed by atoms with van der Waals surface area (Å²) in [6, 6.07) is 10.1. The molecule has 0 radical (unpaired) electrons. The number of esters is 1. The molecule has 25 heavy (non-hydrogen) atoms. The third-order valence-electron chi connectivity index (χ3n) is 3.51. The first-order valence-corrected chi connectivity index (χ1v) is 9.12. The average Bonchev–Trinajstić information content (AvgIpc) is 3.15. The fourth-order valence-electron chi connectivity index (χ4n) is 2.09. The molecule has 0 aliphatic heterocycles. The van der Waals surface area contributed by atoms with Gasteiger partial charge in [0.05, 0.1) is 17.0 Å².